The average Bonchev–Trinajstić information content (AvgIpc) is 2.44. The van der Waals surface area contributed by atoms with E-state index in [1.54, 1.807) is 0 Å². The highest BCUT2D eigenvalue weighted by Gasteiger charge is 2.31. The van der Waals surface area contributed by atoms with Crippen molar-refractivity contribution in [3.05, 3.63) is 59.7 Å². The van der Waals surface area contributed by atoms with Gasteiger partial charge in [0.15, 0.2) is 0 Å². The highest BCUT2D eigenvalue weighted by atomic mass is 19.4. The Kier molecular flexibility index (Phi) is 4.20. The first-order valence-corrected chi connectivity index (χ1v) is 6.03. The fraction of sp³-hybridized carbons (Fsp3) is 0.143. The monoisotopic (exact) mass is 320 g/mol. The maximum absolute atomic E-state index is 12.5. The SMILES string of the molecule is FC(F)(F)c1ccc(NNc2cccc(C(F)(F)F)c2)cc1. The lowest BCUT2D eigenvalue weighted by atomic mass is 10.2. The third-order valence-electron chi connectivity index (χ3n) is 2.75. The van der Waals surface area contributed by atoms with E-state index in [0.717, 1.165) is 24.3 Å². The summed E-state index contributed by atoms with van der Waals surface area (Å²) in [5.74, 6) is 0. The van der Waals surface area contributed by atoms with Crippen LogP contribution in [0.5, 0.6) is 0 Å². The zero-order chi connectivity index (χ0) is 16.4. The summed E-state index contributed by atoms with van der Waals surface area (Å²) in [4.78, 5) is 0. The van der Waals surface area contributed by atoms with E-state index in [4.69, 9.17) is 0 Å². The van der Waals surface area contributed by atoms with E-state index in [9.17, 15) is 26.3 Å². The van der Waals surface area contributed by atoms with Gasteiger partial charge in [0.25, 0.3) is 0 Å². The number of benzene rings is 2. The van der Waals surface area contributed by atoms with Crippen molar-refractivity contribution in [3.8, 4) is 0 Å². The molecule has 0 spiro atoms. The Labute approximate surface area is 121 Å². The molecule has 0 bridgehead atoms. The van der Waals surface area contributed by atoms with Crippen LogP contribution < -0.4 is 10.9 Å². The number of anilines is 2. The van der Waals surface area contributed by atoms with Crippen molar-refractivity contribution >= 4 is 11.4 Å². The fourth-order valence-electron chi connectivity index (χ4n) is 1.66. The van der Waals surface area contributed by atoms with Crippen LogP contribution >= 0.6 is 0 Å². The molecule has 0 aromatic heterocycles. The molecule has 0 aliphatic carbocycles. The van der Waals surface area contributed by atoms with Gasteiger partial charge in [-0.1, -0.05) is 6.07 Å². The Balaban J connectivity index is 2.04. The highest BCUT2D eigenvalue weighted by Crippen LogP contribution is 2.31. The van der Waals surface area contributed by atoms with Crippen LogP contribution in [0.3, 0.4) is 0 Å². The lowest BCUT2D eigenvalue weighted by Gasteiger charge is -2.13. The third kappa shape index (κ3) is 4.06. The number of hydrazine groups is 1. The zero-order valence-corrected chi connectivity index (χ0v) is 10.9. The maximum atomic E-state index is 12.5. The average molecular weight is 320 g/mol. The normalized spacial score (nSPS) is 12.1. The lowest BCUT2D eigenvalue weighted by molar-refractivity contribution is -0.138. The molecule has 2 N–H and O–H groups in total. The molecular weight excluding hydrogens is 310 g/mol. The van der Waals surface area contributed by atoms with Crippen molar-refractivity contribution in [1.29, 1.82) is 0 Å². The Morgan fingerprint density at radius 1 is 0.591 bits per heavy atom. The first-order chi connectivity index (χ1) is 10.2. The van der Waals surface area contributed by atoms with E-state index in [-0.39, 0.29) is 11.4 Å². The zero-order valence-electron chi connectivity index (χ0n) is 10.9. The summed E-state index contributed by atoms with van der Waals surface area (Å²) >= 11 is 0. The first-order valence-electron chi connectivity index (χ1n) is 6.03. The molecule has 0 aliphatic heterocycles. The van der Waals surface area contributed by atoms with Crippen molar-refractivity contribution in [1.82, 2.24) is 0 Å². The topological polar surface area (TPSA) is 24.1 Å². The summed E-state index contributed by atoms with van der Waals surface area (Å²) in [6, 6.07) is 8.51. The smallest absolute Gasteiger partial charge is 0.301 e. The van der Waals surface area contributed by atoms with Gasteiger partial charge >= 0.3 is 12.4 Å². The van der Waals surface area contributed by atoms with E-state index in [2.05, 4.69) is 10.9 Å². The minimum Gasteiger partial charge on any atom is -0.301 e. The van der Waals surface area contributed by atoms with Crippen LogP contribution in [0, 0.1) is 0 Å². The predicted molar refractivity (Wildman–Crippen MR) is 70.1 cm³/mol. The van der Waals surface area contributed by atoms with Crippen LogP contribution in [-0.2, 0) is 12.4 Å². The first kappa shape index (κ1) is 16.0. The van der Waals surface area contributed by atoms with E-state index in [0.29, 0.717) is 0 Å². The standard InChI is InChI=1S/C14H10F6N2/c15-13(16,17)9-4-6-11(7-5-9)21-22-12-3-1-2-10(8-12)14(18,19)20/h1-8,21-22H. The molecule has 0 radical (unpaired) electrons. The van der Waals surface area contributed by atoms with Gasteiger partial charge in [-0.3, -0.25) is 0 Å². The van der Waals surface area contributed by atoms with Gasteiger partial charge in [0.2, 0.25) is 0 Å². The molecule has 8 heteroatoms. The number of hydrogen-bond acceptors (Lipinski definition) is 2. The number of halogens is 6. The van der Waals surface area contributed by atoms with Gasteiger partial charge < -0.3 is 10.9 Å². The molecule has 118 valence electrons. The lowest BCUT2D eigenvalue weighted by Crippen LogP contribution is -2.11. The van der Waals surface area contributed by atoms with Crippen LogP contribution in [0.1, 0.15) is 11.1 Å². The summed E-state index contributed by atoms with van der Waals surface area (Å²) < 4.78 is 74.7. The Bertz CT molecular complexity index is 631. The molecule has 0 saturated carbocycles. The van der Waals surface area contributed by atoms with Crippen molar-refractivity contribution in [2.75, 3.05) is 10.9 Å². The van der Waals surface area contributed by atoms with Gasteiger partial charge in [-0.15, -0.1) is 0 Å². The molecule has 2 nitrogen and oxygen atoms in total. The predicted octanol–water partition coefficient (Wildman–Crippen LogP) is 5.16. The number of rotatable bonds is 3. The molecule has 22 heavy (non-hydrogen) atoms. The van der Waals surface area contributed by atoms with Gasteiger partial charge in [0.1, 0.15) is 0 Å². The number of hydrogen-bond donors (Lipinski definition) is 2. The Morgan fingerprint density at radius 2 is 1.14 bits per heavy atom. The van der Waals surface area contributed by atoms with Gasteiger partial charge in [0.05, 0.1) is 22.5 Å². The Morgan fingerprint density at radius 3 is 1.68 bits per heavy atom. The summed E-state index contributed by atoms with van der Waals surface area (Å²) in [6.45, 7) is 0. The van der Waals surface area contributed by atoms with Crippen molar-refractivity contribution in [3.63, 3.8) is 0 Å². The van der Waals surface area contributed by atoms with Gasteiger partial charge in [-0.25, -0.2) is 0 Å². The fourth-order valence-corrected chi connectivity index (χ4v) is 1.66. The number of nitrogens with one attached hydrogen (secondary N) is 2. The van der Waals surface area contributed by atoms with E-state index in [1.807, 2.05) is 0 Å². The summed E-state index contributed by atoms with van der Waals surface area (Å²) in [5.41, 5.74) is 3.82. The van der Waals surface area contributed by atoms with Crippen LogP contribution in [-0.4, -0.2) is 0 Å². The van der Waals surface area contributed by atoms with E-state index >= 15 is 0 Å². The molecular formula is C14H10F6N2. The summed E-state index contributed by atoms with van der Waals surface area (Å²) in [5, 5.41) is 0. The molecule has 0 aliphatic rings. The molecule has 0 fully saturated rings. The largest absolute Gasteiger partial charge is 0.416 e. The van der Waals surface area contributed by atoms with Crippen LogP contribution in [0.4, 0.5) is 37.7 Å². The molecule has 0 saturated heterocycles. The second kappa shape index (κ2) is 5.78. The molecule has 0 atom stereocenters. The highest BCUT2D eigenvalue weighted by molar-refractivity contribution is 5.54. The molecule has 0 heterocycles. The Hall–Kier alpha value is -2.38. The van der Waals surface area contributed by atoms with Crippen molar-refractivity contribution in [2.24, 2.45) is 0 Å². The summed E-state index contributed by atoms with van der Waals surface area (Å²) in [6.07, 6.45) is -8.90. The summed E-state index contributed by atoms with van der Waals surface area (Å²) in [7, 11) is 0. The second-order valence-corrected chi connectivity index (χ2v) is 4.40. The van der Waals surface area contributed by atoms with Gasteiger partial charge in [-0.2, -0.15) is 26.3 Å². The second-order valence-electron chi connectivity index (χ2n) is 4.40. The van der Waals surface area contributed by atoms with Crippen LogP contribution in [0.2, 0.25) is 0 Å². The van der Waals surface area contributed by atoms with Crippen LogP contribution in [0.15, 0.2) is 48.5 Å². The maximum Gasteiger partial charge on any atom is 0.416 e. The van der Waals surface area contributed by atoms with E-state index < -0.39 is 23.5 Å². The van der Waals surface area contributed by atoms with Gasteiger partial charge in [0, 0.05) is 0 Å². The molecule has 2 rings (SSSR count). The van der Waals surface area contributed by atoms with E-state index in [1.165, 1.54) is 24.3 Å². The molecule has 0 unspecified atom stereocenters. The van der Waals surface area contributed by atoms with Gasteiger partial charge in [-0.05, 0) is 42.5 Å². The van der Waals surface area contributed by atoms with Crippen molar-refractivity contribution < 1.29 is 26.3 Å². The number of alkyl halides is 6. The minimum absolute atomic E-state index is 0.134. The quantitative estimate of drug-likeness (QED) is 0.603. The molecule has 0 amide bonds. The third-order valence-corrected chi connectivity index (χ3v) is 2.75. The molecule has 2 aromatic carbocycles. The minimum atomic E-state index is -4.47. The molecule has 2 aromatic rings. The van der Waals surface area contributed by atoms with Crippen molar-refractivity contribution in [2.45, 2.75) is 12.4 Å². The van der Waals surface area contributed by atoms with Crippen LogP contribution in [0.25, 0.3) is 0 Å².